The molecule has 1 saturated heterocycles. The van der Waals surface area contributed by atoms with E-state index in [0.29, 0.717) is 0 Å². The van der Waals surface area contributed by atoms with E-state index in [1.54, 1.807) is 0 Å². The predicted octanol–water partition coefficient (Wildman–Crippen LogP) is 3.53. The highest BCUT2D eigenvalue weighted by molar-refractivity contribution is 5.29. The smallest absolute Gasteiger partial charge is 0.104 e. The Morgan fingerprint density at radius 1 is 0.700 bits per heavy atom. The summed E-state index contributed by atoms with van der Waals surface area (Å²) in [6.45, 7) is 2.50. The summed E-state index contributed by atoms with van der Waals surface area (Å²) in [5.41, 5.74) is 1.86. The van der Waals surface area contributed by atoms with Crippen LogP contribution in [0.1, 0.15) is 36.5 Å². The molecule has 20 heavy (non-hydrogen) atoms. The van der Waals surface area contributed by atoms with Crippen LogP contribution in [0.3, 0.4) is 0 Å². The van der Waals surface area contributed by atoms with E-state index in [1.165, 1.54) is 32.4 Å². The molecule has 0 aliphatic carbocycles. The summed E-state index contributed by atoms with van der Waals surface area (Å²) in [5.74, 6) is 0. The maximum atomic E-state index is 9.99. The van der Waals surface area contributed by atoms with Crippen LogP contribution in [0.25, 0.3) is 0 Å². The number of hydrogen-bond donors (Lipinski definition) is 2. The quantitative estimate of drug-likeness (QED) is 0.874. The summed E-state index contributed by atoms with van der Waals surface area (Å²) in [6, 6.07) is 19.3. The second kappa shape index (κ2) is 8.51. The molecule has 2 nitrogen and oxygen atoms in total. The molecule has 0 aromatic heterocycles. The third-order valence-corrected chi connectivity index (χ3v) is 3.44. The standard InChI is InChI=1S/C13H12O.C5H11N/c14-13(11-7-3-1-4-8-11)12-9-5-2-6-10-12;1-2-4-6-5-3-1/h1-10,13-14H;6H,1-5H2. The first-order valence-electron chi connectivity index (χ1n) is 7.36. The van der Waals surface area contributed by atoms with Gasteiger partial charge in [0.05, 0.1) is 0 Å². The van der Waals surface area contributed by atoms with Crippen LogP contribution in [0.15, 0.2) is 60.7 Å². The first-order valence-corrected chi connectivity index (χ1v) is 7.36. The van der Waals surface area contributed by atoms with E-state index in [2.05, 4.69) is 5.32 Å². The molecule has 0 radical (unpaired) electrons. The molecular formula is C18H23NO. The SMILES string of the molecule is C1CCNCC1.OC(c1ccccc1)c1ccccc1. The maximum absolute atomic E-state index is 9.99. The first-order chi connectivity index (χ1) is 9.88. The normalized spacial score (nSPS) is 14.5. The molecule has 3 rings (SSSR count). The van der Waals surface area contributed by atoms with Crippen LogP contribution < -0.4 is 5.32 Å². The van der Waals surface area contributed by atoms with Gasteiger partial charge in [-0.05, 0) is 37.1 Å². The number of hydrogen-bond acceptors (Lipinski definition) is 2. The monoisotopic (exact) mass is 269 g/mol. The van der Waals surface area contributed by atoms with E-state index in [-0.39, 0.29) is 0 Å². The lowest BCUT2D eigenvalue weighted by Gasteiger charge is -2.10. The Hall–Kier alpha value is -1.64. The van der Waals surface area contributed by atoms with Gasteiger partial charge in [-0.25, -0.2) is 0 Å². The van der Waals surface area contributed by atoms with Gasteiger partial charge in [0.15, 0.2) is 0 Å². The largest absolute Gasteiger partial charge is 0.384 e. The van der Waals surface area contributed by atoms with E-state index in [4.69, 9.17) is 0 Å². The Balaban J connectivity index is 0.000000205. The molecule has 2 N–H and O–H groups in total. The molecule has 2 aromatic rings. The molecule has 2 heteroatoms. The lowest BCUT2D eigenvalue weighted by Crippen LogP contribution is -2.21. The van der Waals surface area contributed by atoms with Crippen LogP contribution in [0.4, 0.5) is 0 Å². The molecule has 0 saturated carbocycles. The summed E-state index contributed by atoms with van der Waals surface area (Å²) in [7, 11) is 0. The Morgan fingerprint density at radius 2 is 1.15 bits per heavy atom. The van der Waals surface area contributed by atoms with Crippen molar-refractivity contribution < 1.29 is 5.11 Å². The van der Waals surface area contributed by atoms with Gasteiger partial charge in [-0.3, -0.25) is 0 Å². The summed E-state index contributed by atoms with van der Waals surface area (Å²) in [4.78, 5) is 0. The van der Waals surface area contributed by atoms with Crippen LogP contribution in [-0.4, -0.2) is 18.2 Å². The second-order valence-electron chi connectivity index (χ2n) is 5.03. The molecule has 1 aliphatic heterocycles. The molecule has 0 spiro atoms. The van der Waals surface area contributed by atoms with Crippen LogP contribution in [-0.2, 0) is 0 Å². The zero-order chi connectivity index (χ0) is 14.0. The number of benzene rings is 2. The van der Waals surface area contributed by atoms with Crippen molar-refractivity contribution in [2.45, 2.75) is 25.4 Å². The van der Waals surface area contributed by atoms with Crippen molar-refractivity contribution in [3.63, 3.8) is 0 Å². The van der Waals surface area contributed by atoms with E-state index >= 15 is 0 Å². The average Bonchev–Trinajstić information content (AvgIpc) is 2.58. The molecule has 2 aromatic carbocycles. The lowest BCUT2D eigenvalue weighted by atomic mass is 10.0. The fraction of sp³-hybridized carbons (Fsp3) is 0.333. The molecule has 1 fully saturated rings. The molecule has 106 valence electrons. The number of rotatable bonds is 2. The zero-order valence-corrected chi connectivity index (χ0v) is 11.8. The summed E-state index contributed by atoms with van der Waals surface area (Å²) < 4.78 is 0. The van der Waals surface area contributed by atoms with Crippen LogP contribution in [0.5, 0.6) is 0 Å². The Morgan fingerprint density at radius 3 is 1.45 bits per heavy atom. The Bertz CT molecular complexity index is 414. The highest BCUT2D eigenvalue weighted by Gasteiger charge is 2.07. The van der Waals surface area contributed by atoms with E-state index in [9.17, 15) is 5.11 Å². The van der Waals surface area contributed by atoms with E-state index < -0.39 is 6.10 Å². The average molecular weight is 269 g/mol. The predicted molar refractivity (Wildman–Crippen MR) is 83.7 cm³/mol. The van der Waals surface area contributed by atoms with Gasteiger partial charge in [0.2, 0.25) is 0 Å². The third kappa shape index (κ3) is 4.80. The summed E-state index contributed by atoms with van der Waals surface area (Å²) in [5, 5.41) is 13.3. The number of aliphatic hydroxyl groups excluding tert-OH is 1. The molecule has 1 heterocycles. The molecule has 0 atom stereocenters. The van der Waals surface area contributed by atoms with Crippen molar-refractivity contribution in [3.05, 3.63) is 71.8 Å². The fourth-order valence-corrected chi connectivity index (χ4v) is 2.26. The second-order valence-corrected chi connectivity index (χ2v) is 5.03. The molecular weight excluding hydrogens is 246 g/mol. The molecule has 0 amide bonds. The van der Waals surface area contributed by atoms with Gasteiger partial charge in [-0.15, -0.1) is 0 Å². The van der Waals surface area contributed by atoms with Crippen molar-refractivity contribution in [1.29, 1.82) is 0 Å². The number of piperidine rings is 1. The fourth-order valence-electron chi connectivity index (χ4n) is 2.26. The third-order valence-electron chi connectivity index (χ3n) is 3.44. The van der Waals surface area contributed by atoms with E-state index in [1.807, 2.05) is 60.7 Å². The Labute approximate surface area is 121 Å². The van der Waals surface area contributed by atoms with Crippen molar-refractivity contribution >= 4 is 0 Å². The van der Waals surface area contributed by atoms with Crippen molar-refractivity contribution in [1.82, 2.24) is 5.32 Å². The maximum Gasteiger partial charge on any atom is 0.104 e. The first kappa shape index (κ1) is 14.8. The van der Waals surface area contributed by atoms with Gasteiger partial charge in [-0.2, -0.15) is 0 Å². The Kier molecular flexibility index (Phi) is 6.28. The van der Waals surface area contributed by atoms with Crippen molar-refractivity contribution in [3.8, 4) is 0 Å². The van der Waals surface area contributed by atoms with Gasteiger partial charge >= 0.3 is 0 Å². The molecule has 1 aliphatic rings. The summed E-state index contributed by atoms with van der Waals surface area (Å²) in [6.07, 6.45) is 3.70. The minimum atomic E-state index is -0.516. The van der Waals surface area contributed by atoms with Gasteiger partial charge in [0.1, 0.15) is 6.10 Å². The van der Waals surface area contributed by atoms with Gasteiger partial charge in [0.25, 0.3) is 0 Å². The number of aliphatic hydroxyl groups is 1. The van der Waals surface area contributed by atoms with Crippen molar-refractivity contribution in [2.24, 2.45) is 0 Å². The van der Waals surface area contributed by atoms with Crippen LogP contribution in [0, 0.1) is 0 Å². The van der Waals surface area contributed by atoms with Gasteiger partial charge in [0, 0.05) is 0 Å². The lowest BCUT2D eigenvalue weighted by molar-refractivity contribution is 0.220. The van der Waals surface area contributed by atoms with Gasteiger partial charge < -0.3 is 10.4 Å². The minimum Gasteiger partial charge on any atom is -0.384 e. The summed E-state index contributed by atoms with van der Waals surface area (Å²) >= 11 is 0. The topological polar surface area (TPSA) is 32.3 Å². The van der Waals surface area contributed by atoms with Crippen LogP contribution in [0.2, 0.25) is 0 Å². The van der Waals surface area contributed by atoms with E-state index in [0.717, 1.165) is 11.1 Å². The van der Waals surface area contributed by atoms with Crippen molar-refractivity contribution in [2.75, 3.05) is 13.1 Å². The molecule has 0 bridgehead atoms. The highest BCUT2D eigenvalue weighted by atomic mass is 16.3. The minimum absolute atomic E-state index is 0.516. The zero-order valence-electron chi connectivity index (χ0n) is 11.8. The highest BCUT2D eigenvalue weighted by Crippen LogP contribution is 2.20. The van der Waals surface area contributed by atoms with Gasteiger partial charge in [-0.1, -0.05) is 67.1 Å². The van der Waals surface area contributed by atoms with Crippen LogP contribution >= 0.6 is 0 Å². The molecule has 0 unspecified atom stereocenters. The number of nitrogens with one attached hydrogen (secondary N) is 1.